The van der Waals surface area contributed by atoms with Gasteiger partial charge in [-0.25, -0.2) is 23.5 Å². The summed E-state index contributed by atoms with van der Waals surface area (Å²) < 4.78 is 17.1. The highest BCUT2D eigenvalue weighted by atomic mass is 16.7. The van der Waals surface area contributed by atoms with Gasteiger partial charge in [0.15, 0.2) is 0 Å². The monoisotopic (exact) mass is 299 g/mol. The van der Waals surface area contributed by atoms with Gasteiger partial charge in [0, 0.05) is 17.9 Å². The summed E-state index contributed by atoms with van der Waals surface area (Å²) in [7, 11) is 1.61. The highest BCUT2D eigenvalue weighted by Gasteiger charge is 3.11. The minimum absolute atomic E-state index is 0.127. The zero-order chi connectivity index (χ0) is 14.1. The molecule has 9 aliphatic rings. The molecular weight excluding hydrogens is 286 g/mol. The maximum atomic E-state index is 12.7. The van der Waals surface area contributed by atoms with Crippen molar-refractivity contribution in [3.63, 3.8) is 0 Å². The van der Waals surface area contributed by atoms with Crippen LogP contribution in [0.5, 0.6) is 0 Å². The van der Waals surface area contributed by atoms with E-state index in [-0.39, 0.29) is 46.5 Å². The van der Waals surface area contributed by atoms with Crippen molar-refractivity contribution in [1.29, 1.82) is 0 Å². The van der Waals surface area contributed by atoms with E-state index in [9.17, 15) is 9.59 Å². The van der Waals surface area contributed by atoms with E-state index in [2.05, 4.69) is 0 Å². The van der Waals surface area contributed by atoms with E-state index in [1.54, 1.807) is 7.05 Å². The first-order valence-corrected chi connectivity index (χ1v) is 8.39. The highest BCUT2D eigenvalue weighted by molar-refractivity contribution is 5.56. The zero-order valence-corrected chi connectivity index (χ0v) is 11.7. The van der Waals surface area contributed by atoms with Crippen molar-refractivity contribution in [3.8, 4) is 0 Å². The van der Waals surface area contributed by atoms with Gasteiger partial charge in [-0.3, -0.25) is 0 Å². The molecule has 0 amide bonds. The fourth-order valence-electron chi connectivity index (χ4n) is 8.93. The van der Waals surface area contributed by atoms with Gasteiger partial charge in [-0.05, 0) is 23.7 Å². The number of hydrogen-bond donors (Lipinski definition) is 0. The second-order valence-electron chi connectivity index (χ2n) is 8.82. The fraction of sp³-hybridized carbons (Fsp3) is 0.867. The quantitative estimate of drug-likeness (QED) is 0.546. The summed E-state index contributed by atoms with van der Waals surface area (Å²) in [5, 5.41) is 0. The Bertz CT molecular complexity index is 930. The van der Waals surface area contributed by atoms with E-state index in [1.165, 1.54) is 4.57 Å². The summed E-state index contributed by atoms with van der Waals surface area (Å²) in [5.41, 5.74) is -0.00465. The molecule has 2 bridgehead atoms. The molecule has 0 aromatic carbocycles. The molecule has 5 saturated carbocycles. The minimum Gasteiger partial charge on any atom is -0.366 e. The Labute approximate surface area is 123 Å². The van der Waals surface area contributed by atoms with Crippen LogP contribution in [0.25, 0.3) is 0 Å². The van der Waals surface area contributed by atoms with Gasteiger partial charge in [-0.15, -0.1) is 0 Å². The Hall–Kier alpha value is -1.34. The van der Waals surface area contributed by atoms with Crippen molar-refractivity contribution in [2.45, 2.75) is 36.5 Å². The summed E-state index contributed by atoms with van der Waals surface area (Å²) >= 11 is 0. The highest BCUT2D eigenvalue weighted by Crippen LogP contribution is 3.07. The van der Waals surface area contributed by atoms with Crippen molar-refractivity contribution in [2.24, 2.45) is 41.5 Å². The molecular formula is C15H13N3O4. The van der Waals surface area contributed by atoms with Gasteiger partial charge in [0.1, 0.15) is 12.2 Å². The number of rotatable bonds is 0. The fourth-order valence-corrected chi connectivity index (χ4v) is 8.93. The lowest BCUT2D eigenvalue weighted by atomic mass is 9.64. The SMILES string of the molecule is Cn1c(=O)n2n(c1=O)C1C3C4C3C3C5(C6OC6C6OC6C135)C42. The first-order chi connectivity index (χ1) is 10.7. The lowest BCUT2D eigenvalue weighted by molar-refractivity contribution is -0.0267. The number of hydrogen-bond acceptors (Lipinski definition) is 4. The second kappa shape index (κ2) is 2.06. The average molecular weight is 299 g/mol. The molecule has 1 aromatic rings. The molecule has 112 valence electrons. The van der Waals surface area contributed by atoms with Crippen LogP contribution >= 0.6 is 0 Å². The van der Waals surface area contributed by atoms with Crippen LogP contribution < -0.4 is 11.4 Å². The molecule has 10 rings (SSSR count). The first kappa shape index (κ1) is 9.72. The number of ether oxygens (including phenoxy) is 2. The topological polar surface area (TPSA) is 74.0 Å². The standard InChI is InChI=1S/C15H13N3O4/c1-16-12(19)17-8-3-2-4(3)9(18(17)13(16)20)15-7(2)14(8,15)10-5(21-10)6-11(15)22-6/h2-11H,1H3. The van der Waals surface area contributed by atoms with Crippen LogP contribution in [0, 0.1) is 34.5 Å². The third-order valence-electron chi connectivity index (χ3n) is 9.02. The molecule has 2 saturated heterocycles. The van der Waals surface area contributed by atoms with Crippen LogP contribution in [0.4, 0.5) is 0 Å². The third-order valence-corrected chi connectivity index (χ3v) is 9.02. The molecule has 5 aliphatic carbocycles. The second-order valence-corrected chi connectivity index (χ2v) is 8.82. The van der Waals surface area contributed by atoms with Crippen molar-refractivity contribution in [3.05, 3.63) is 21.0 Å². The molecule has 1 aromatic heterocycles. The van der Waals surface area contributed by atoms with Gasteiger partial charge >= 0.3 is 11.4 Å². The molecule has 7 fully saturated rings. The lowest BCUT2D eigenvalue weighted by Crippen LogP contribution is -2.57. The number of fused-ring (bicyclic) bond motifs is 3. The van der Waals surface area contributed by atoms with E-state index >= 15 is 0 Å². The van der Waals surface area contributed by atoms with E-state index in [4.69, 9.17) is 9.47 Å². The summed E-state index contributed by atoms with van der Waals surface area (Å²) in [5.74, 6) is 2.61. The molecule has 0 N–H and O–H groups in total. The van der Waals surface area contributed by atoms with Crippen molar-refractivity contribution in [1.82, 2.24) is 13.9 Å². The van der Waals surface area contributed by atoms with Crippen LogP contribution in [0.1, 0.15) is 12.1 Å². The van der Waals surface area contributed by atoms with Crippen LogP contribution in [-0.4, -0.2) is 38.3 Å². The molecule has 0 radical (unpaired) electrons. The molecule has 10 atom stereocenters. The lowest BCUT2D eigenvalue weighted by Gasteiger charge is -2.48. The predicted octanol–water partition coefficient (Wildman–Crippen LogP) is -1.52. The van der Waals surface area contributed by atoms with Crippen LogP contribution in [0.2, 0.25) is 0 Å². The van der Waals surface area contributed by atoms with Crippen LogP contribution in [0.15, 0.2) is 9.59 Å². The summed E-state index contributed by atoms with van der Waals surface area (Å²) in [6.07, 6.45) is 1.13. The zero-order valence-electron chi connectivity index (χ0n) is 11.7. The third kappa shape index (κ3) is 0.502. The van der Waals surface area contributed by atoms with Gasteiger partial charge in [-0.1, -0.05) is 0 Å². The molecule has 2 spiro atoms. The Morgan fingerprint density at radius 2 is 1.36 bits per heavy atom. The van der Waals surface area contributed by atoms with E-state index < -0.39 is 0 Å². The maximum Gasteiger partial charge on any atom is 0.347 e. The smallest absolute Gasteiger partial charge is 0.347 e. The number of nitrogens with zero attached hydrogens (tertiary/aromatic N) is 3. The Balaban J connectivity index is 1.50. The van der Waals surface area contributed by atoms with Crippen molar-refractivity contribution in [2.75, 3.05) is 0 Å². The van der Waals surface area contributed by atoms with Crippen LogP contribution in [-0.2, 0) is 16.5 Å². The van der Waals surface area contributed by atoms with Gasteiger partial charge in [0.2, 0.25) is 0 Å². The van der Waals surface area contributed by atoms with Gasteiger partial charge in [0.25, 0.3) is 0 Å². The van der Waals surface area contributed by atoms with Crippen molar-refractivity contribution < 1.29 is 9.47 Å². The van der Waals surface area contributed by atoms with E-state index in [0.717, 1.165) is 5.92 Å². The number of epoxide rings is 2. The minimum atomic E-state index is -0.129. The van der Waals surface area contributed by atoms with E-state index in [0.29, 0.717) is 30.0 Å². The Morgan fingerprint density at radius 1 is 0.864 bits per heavy atom. The molecule has 7 heteroatoms. The molecule has 5 heterocycles. The molecule has 10 unspecified atom stereocenters. The first-order valence-electron chi connectivity index (χ1n) is 8.39. The van der Waals surface area contributed by atoms with Crippen molar-refractivity contribution >= 4 is 0 Å². The number of aromatic nitrogens is 3. The van der Waals surface area contributed by atoms with Gasteiger partial charge in [0.05, 0.1) is 24.3 Å². The Kier molecular flexibility index (Phi) is 0.910. The normalized spacial score (nSPS) is 73.1. The predicted molar refractivity (Wildman–Crippen MR) is 68.2 cm³/mol. The van der Waals surface area contributed by atoms with Gasteiger partial charge in [-0.2, -0.15) is 0 Å². The average Bonchev–Trinajstić information content (AvgIpc) is 3.33. The summed E-state index contributed by atoms with van der Waals surface area (Å²) in [4.78, 5) is 25.4. The summed E-state index contributed by atoms with van der Waals surface area (Å²) in [6.45, 7) is 0. The van der Waals surface area contributed by atoms with Crippen LogP contribution in [0.3, 0.4) is 0 Å². The molecule has 22 heavy (non-hydrogen) atoms. The summed E-state index contributed by atoms with van der Waals surface area (Å²) in [6, 6.07) is 0.387. The maximum absolute atomic E-state index is 12.7. The molecule has 4 aliphatic heterocycles. The van der Waals surface area contributed by atoms with E-state index in [1.807, 2.05) is 9.36 Å². The molecule has 7 nitrogen and oxygen atoms in total. The largest absolute Gasteiger partial charge is 0.366 e. The Morgan fingerprint density at radius 3 is 1.86 bits per heavy atom. The van der Waals surface area contributed by atoms with Gasteiger partial charge < -0.3 is 9.47 Å².